The summed E-state index contributed by atoms with van der Waals surface area (Å²) in [6.45, 7) is 2.73. The Morgan fingerprint density at radius 2 is 2.50 bits per heavy atom. The van der Waals surface area contributed by atoms with Crippen LogP contribution in [-0.4, -0.2) is 22.6 Å². The molecule has 1 fully saturated rings. The molecule has 16 heavy (non-hydrogen) atoms. The van der Waals surface area contributed by atoms with Crippen molar-refractivity contribution in [3.63, 3.8) is 0 Å². The highest BCUT2D eigenvalue weighted by molar-refractivity contribution is 5.97. The lowest BCUT2D eigenvalue weighted by Crippen LogP contribution is -2.13. The van der Waals surface area contributed by atoms with Crippen molar-refractivity contribution < 1.29 is 9.21 Å². The molecular weight excluding hydrogens is 208 g/mol. The van der Waals surface area contributed by atoms with Crippen LogP contribution in [0.1, 0.15) is 31.7 Å². The van der Waals surface area contributed by atoms with E-state index in [-0.39, 0.29) is 18.0 Å². The Morgan fingerprint density at radius 3 is 3.19 bits per heavy atom. The van der Waals surface area contributed by atoms with E-state index in [2.05, 4.69) is 20.8 Å². The van der Waals surface area contributed by atoms with Crippen LogP contribution in [0.25, 0.3) is 0 Å². The van der Waals surface area contributed by atoms with Crippen molar-refractivity contribution in [3.05, 3.63) is 18.0 Å². The summed E-state index contributed by atoms with van der Waals surface area (Å²) < 4.78 is 5.33. The summed E-state index contributed by atoms with van der Waals surface area (Å²) in [6, 6.07) is 0.270. The predicted octanol–water partition coefficient (Wildman–Crippen LogP) is 1.01. The zero-order valence-corrected chi connectivity index (χ0v) is 9.06. The fraction of sp³-hybridized carbons (Fsp3) is 0.500. The van der Waals surface area contributed by atoms with Crippen LogP contribution >= 0.6 is 0 Å². The van der Waals surface area contributed by atoms with Gasteiger partial charge in [0.05, 0.1) is 6.04 Å². The van der Waals surface area contributed by atoms with Gasteiger partial charge in [-0.05, 0) is 32.4 Å². The van der Waals surface area contributed by atoms with Gasteiger partial charge in [-0.15, -0.1) is 5.10 Å². The molecule has 1 saturated heterocycles. The SMILES string of the molecule is C/C=C/C(=O)Nc1nnc(C2CCCN2)o1. The molecule has 2 rings (SSSR count). The second kappa shape index (κ2) is 4.89. The van der Waals surface area contributed by atoms with Crippen LogP contribution < -0.4 is 10.6 Å². The van der Waals surface area contributed by atoms with Gasteiger partial charge in [-0.1, -0.05) is 11.2 Å². The average Bonchev–Trinajstić information content (AvgIpc) is 2.86. The lowest BCUT2D eigenvalue weighted by molar-refractivity contribution is -0.112. The number of amides is 1. The number of carbonyl (C=O) groups is 1. The van der Waals surface area contributed by atoms with E-state index in [0.717, 1.165) is 19.4 Å². The molecule has 1 unspecified atom stereocenters. The van der Waals surface area contributed by atoms with Crippen molar-refractivity contribution in [2.24, 2.45) is 0 Å². The highest BCUT2D eigenvalue weighted by atomic mass is 16.4. The number of nitrogens with one attached hydrogen (secondary N) is 2. The highest BCUT2D eigenvalue weighted by Gasteiger charge is 2.22. The largest absolute Gasteiger partial charge is 0.406 e. The molecule has 2 heterocycles. The monoisotopic (exact) mass is 222 g/mol. The van der Waals surface area contributed by atoms with Crippen molar-refractivity contribution in [1.82, 2.24) is 15.5 Å². The van der Waals surface area contributed by atoms with E-state index in [1.807, 2.05) is 0 Å². The van der Waals surface area contributed by atoms with Crippen LogP contribution in [-0.2, 0) is 4.79 Å². The van der Waals surface area contributed by atoms with Crippen LogP contribution in [0.5, 0.6) is 0 Å². The second-order valence-corrected chi connectivity index (χ2v) is 3.58. The van der Waals surface area contributed by atoms with Crippen molar-refractivity contribution in [1.29, 1.82) is 0 Å². The molecule has 0 saturated carbocycles. The van der Waals surface area contributed by atoms with E-state index < -0.39 is 0 Å². The number of nitrogens with zero attached hydrogens (tertiary/aromatic N) is 2. The van der Waals surface area contributed by atoms with Crippen molar-refractivity contribution >= 4 is 11.9 Å². The number of hydrogen-bond acceptors (Lipinski definition) is 5. The first kappa shape index (κ1) is 10.8. The van der Waals surface area contributed by atoms with Gasteiger partial charge in [0.2, 0.25) is 5.89 Å². The predicted molar refractivity (Wildman–Crippen MR) is 57.7 cm³/mol. The quantitative estimate of drug-likeness (QED) is 0.746. The van der Waals surface area contributed by atoms with Crippen LogP contribution in [0.15, 0.2) is 16.6 Å². The summed E-state index contributed by atoms with van der Waals surface area (Å²) in [4.78, 5) is 11.2. The third-order valence-electron chi connectivity index (χ3n) is 2.35. The molecule has 0 bridgehead atoms. The maximum Gasteiger partial charge on any atom is 0.322 e. The van der Waals surface area contributed by atoms with E-state index in [0.29, 0.717) is 5.89 Å². The molecule has 1 aliphatic rings. The number of allylic oxidation sites excluding steroid dienone is 1. The van der Waals surface area contributed by atoms with Gasteiger partial charge in [0.1, 0.15) is 0 Å². The fourth-order valence-corrected chi connectivity index (χ4v) is 1.62. The van der Waals surface area contributed by atoms with Crippen LogP contribution in [0.3, 0.4) is 0 Å². The number of hydrogen-bond donors (Lipinski definition) is 2. The van der Waals surface area contributed by atoms with E-state index in [1.54, 1.807) is 13.0 Å². The zero-order valence-electron chi connectivity index (χ0n) is 9.06. The molecule has 2 N–H and O–H groups in total. The molecule has 86 valence electrons. The molecule has 1 atom stereocenters. The zero-order chi connectivity index (χ0) is 11.4. The first-order chi connectivity index (χ1) is 7.79. The second-order valence-electron chi connectivity index (χ2n) is 3.58. The molecule has 0 radical (unpaired) electrons. The number of anilines is 1. The average molecular weight is 222 g/mol. The molecule has 6 nitrogen and oxygen atoms in total. The fourth-order valence-electron chi connectivity index (χ4n) is 1.62. The van der Waals surface area contributed by atoms with E-state index in [1.165, 1.54) is 6.08 Å². The molecule has 0 aromatic carbocycles. The normalized spacial score (nSPS) is 20.4. The van der Waals surface area contributed by atoms with Gasteiger partial charge in [-0.3, -0.25) is 10.1 Å². The van der Waals surface area contributed by atoms with Crippen LogP contribution in [0.4, 0.5) is 6.01 Å². The van der Waals surface area contributed by atoms with Gasteiger partial charge in [0.25, 0.3) is 5.91 Å². The third kappa shape index (κ3) is 2.46. The Hall–Kier alpha value is -1.69. The number of carbonyl (C=O) groups excluding carboxylic acids is 1. The van der Waals surface area contributed by atoms with Crippen molar-refractivity contribution in [3.8, 4) is 0 Å². The van der Waals surface area contributed by atoms with E-state index in [9.17, 15) is 4.79 Å². The van der Waals surface area contributed by atoms with Gasteiger partial charge in [-0.25, -0.2) is 0 Å². The molecule has 1 aromatic rings. The minimum Gasteiger partial charge on any atom is -0.406 e. The minimum atomic E-state index is -0.267. The van der Waals surface area contributed by atoms with Gasteiger partial charge in [0, 0.05) is 0 Å². The van der Waals surface area contributed by atoms with Crippen LogP contribution in [0.2, 0.25) is 0 Å². The maximum absolute atomic E-state index is 11.2. The minimum absolute atomic E-state index is 0.125. The van der Waals surface area contributed by atoms with Gasteiger partial charge >= 0.3 is 6.01 Å². The van der Waals surface area contributed by atoms with Crippen molar-refractivity contribution in [2.75, 3.05) is 11.9 Å². The Kier molecular flexibility index (Phi) is 3.31. The first-order valence-corrected chi connectivity index (χ1v) is 5.30. The van der Waals surface area contributed by atoms with Gasteiger partial charge in [0.15, 0.2) is 0 Å². The molecule has 0 spiro atoms. The summed E-state index contributed by atoms with van der Waals surface area (Å²) in [5.41, 5.74) is 0. The van der Waals surface area contributed by atoms with E-state index in [4.69, 9.17) is 4.42 Å². The van der Waals surface area contributed by atoms with Crippen molar-refractivity contribution in [2.45, 2.75) is 25.8 Å². The standard InChI is InChI=1S/C10H14N4O2/c1-2-4-8(15)12-10-14-13-9(16-10)7-5-3-6-11-7/h2,4,7,11H,3,5-6H2,1H3,(H,12,14,15)/b4-2+. The Balaban J connectivity index is 1.99. The number of aromatic nitrogens is 2. The molecular formula is C10H14N4O2. The molecule has 6 heteroatoms. The third-order valence-corrected chi connectivity index (χ3v) is 2.35. The summed E-state index contributed by atoms with van der Waals surface area (Å²) in [6.07, 6.45) is 5.14. The Morgan fingerprint density at radius 1 is 1.62 bits per heavy atom. The topological polar surface area (TPSA) is 80.0 Å². The van der Waals surface area contributed by atoms with Crippen LogP contribution in [0, 0.1) is 0 Å². The van der Waals surface area contributed by atoms with E-state index >= 15 is 0 Å². The molecule has 1 aliphatic heterocycles. The summed E-state index contributed by atoms with van der Waals surface area (Å²) >= 11 is 0. The van der Waals surface area contributed by atoms with Gasteiger partial charge in [-0.2, -0.15) is 0 Å². The Labute approximate surface area is 93.1 Å². The van der Waals surface area contributed by atoms with Gasteiger partial charge < -0.3 is 9.73 Å². The lowest BCUT2D eigenvalue weighted by atomic mass is 10.2. The highest BCUT2D eigenvalue weighted by Crippen LogP contribution is 2.22. The first-order valence-electron chi connectivity index (χ1n) is 5.30. The number of rotatable bonds is 3. The smallest absolute Gasteiger partial charge is 0.322 e. The lowest BCUT2D eigenvalue weighted by Gasteiger charge is -2.02. The maximum atomic E-state index is 11.2. The molecule has 0 aliphatic carbocycles. The Bertz CT molecular complexity index is 393. The summed E-state index contributed by atoms with van der Waals surface area (Å²) in [5.74, 6) is 0.269. The summed E-state index contributed by atoms with van der Waals surface area (Å²) in [5, 5.41) is 13.4. The molecule has 1 aromatic heterocycles. The molecule has 1 amide bonds. The summed E-state index contributed by atoms with van der Waals surface area (Å²) in [7, 11) is 0.